The van der Waals surface area contributed by atoms with E-state index in [0.717, 1.165) is 55.2 Å². The van der Waals surface area contributed by atoms with Crippen molar-refractivity contribution >= 4 is 29.1 Å². The first-order valence-electron chi connectivity index (χ1n) is 26.9. The average molecular weight is 1060 g/mol. The molecule has 0 saturated heterocycles. The Bertz CT molecular complexity index is 2800. The van der Waals surface area contributed by atoms with Crippen molar-refractivity contribution in [1.29, 1.82) is 0 Å². The maximum Gasteiger partial charge on any atom is 0.417 e. The van der Waals surface area contributed by atoms with E-state index >= 15 is 4.79 Å². The van der Waals surface area contributed by atoms with Crippen molar-refractivity contribution in [2.24, 2.45) is 28.8 Å². The largest absolute Gasteiger partial charge is 0.497 e. The first-order valence-corrected chi connectivity index (χ1v) is 26.9. The van der Waals surface area contributed by atoms with Gasteiger partial charge < -0.3 is 53.1 Å². The van der Waals surface area contributed by atoms with Crippen molar-refractivity contribution in [1.82, 2.24) is 4.90 Å². The van der Waals surface area contributed by atoms with E-state index in [-0.39, 0.29) is 75.4 Å². The number of aliphatic hydroxyl groups excluding tert-OH is 2. The van der Waals surface area contributed by atoms with Crippen LogP contribution in [0.5, 0.6) is 34.5 Å². The second-order valence-electron chi connectivity index (χ2n) is 20.4. The minimum Gasteiger partial charge on any atom is -0.497 e. The minimum atomic E-state index is -1.57. The molecule has 4 aromatic carbocycles. The van der Waals surface area contributed by atoms with E-state index < -0.39 is 34.7 Å². The van der Waals surface area contributed by atoms with Crippen LogP contribution >= 0.6 is 0 Å². The summed E-state index contributed by atoms with van der Waals surface area (Å²) >= 11 is 0. The molecule has 0 aromatic heterocycles. The summed E-state index contributed by atoms with van der Waals surface area (Å²) in [5.41, 5.74) is 3.96. The Morgan fingerprint density at radius 3 is 2.36 bits per heavy atom. The molecule has 410 valence electrons. The van der Waals surface area contributed by atoms with Crippen LogP contribution in [0, 0.1) is 33.8 Å². The number of nitro benzene ring substituents is 1. The Balaban J connectivity index is 1.20. The highest BCUT2D eigenvalue weighted by Crippen LogP contribution is 2.62. The van der Waals surface area contributed by atoms with Crippen LogP contribution < -0.4 is 33.7 Å². The van der Waals surface area contributed by atoms with Crippen LogP contribution in [0.2, 0.25) is 0 Å². The maximum absolute atomic E-state index is 15.5. The van der Waals surface area contributed by atoms with Crippen LogP contribution in [-0.2, 0) is 27.5 Å². The Labute approximate surface area is 449 Å². The van der Waals surface area contributed by atoms with Crippen molar-refractivity contribution in [3.8, 4) is 34.5 Å². The van der Waals surface area contributed by atoms with Gasteiger partial charge >= 0.3 is 6.09 Å². The standard InChI is InChI=1S/C59H70N4O14/c1-4-29-74-59-54(62(55(66)26-18-38-11-5-6-12-38)35-40-17-24-51-53(30-40)73-37-72-51)34-49(61-75-36-39-15-19-42(20-16-39)63(68)69)46-31-41(13-7-9-27-64)45(14-8-10-28-65)56(57(46)59)47-32-44(22-25-50(47)77-59)76-58(67)60-48-23-21-43(70-2)33-52(48)71-3/h4,15-17,19-25,30-33,38,41,45,54,56-57,64-65H,1,5-14,18,26-29,34-37H2,2-3H3,(H,60,67). The summed E-state index contributed by atoms with van der Waals surface area (Å²) in [6.45, 7) is 4.44. The summed E-state index contributed by atoms with van der Waals surface area (Å²) in [5.74, 6) is 0.383. The van der Waals surface area contributed by atoms with E-state index in [9.17, 15) is 25.1 Å². The summed E-state index contributed by atoms with van der Waals surface area (Å²) in [5, 5.41) is 39.5. The lowest BCUT2D eigenvalue weighted by atomic mass is 9.55. The third-order valence-electron chi connectivity index (χ3n) is 15.8. The van der Waals surface area contributed by atoms with Crippen LogP contribution in [0.25, 0.3) is 0 Å². The lowest BCUT2D eigenvalue weighted by Gasteiger charge is -2.60. The number of non-ortho nitro benzene ring substituents is 1. The third-order valence-corrected chi connectivity index (χ3v) is 15.8. The van der Waals surface area contributed by atoms with Gasteiger partial charge in [0.25, 0.3) is 5.69 Å². The summed E-state index contributed by atoms with van der Waals surface area (Å²) < 4.78 is 43.3. The predicted octanol–water partition coefficient (Wildman–Crippen LogP) is 10.8. The van der Waals surface area contributed by atoms with Gasteiger partial charge in [0.1, 0.15) is 35.6 Å². The number of oxime groups is 1. The smallest absolute Gasteiger partial charge is 0.417 e. The van der Waals surface area contributed by atoms with Gasteiger partial charge in [0.15, 0.2) is 11.5 Å². The second-order valence-corrected chi connectivity index (χ2v) is 20.4. The lowest BCUT2D eigenvalue weighted by molar-refractivity contribution is -0.384. The molecule has 6 unspecified atom stereocenters. The van der Waals surface area contributed by atoms with Crippen LogP contribution in [0.1, 0.15) is 106 Å². The van der Waals surface area contributed by atoms with Gasteiger partial charge in [0, 0.05) is 62.3 Å². The lowest BCUT2D eigenvalue weighted by Crippen LogP contribution is -2.70. The predicted molar refractivity (Wildman–Crippen MR) is 286 cm³/mol. The van der Waals surface area contributed by atoms with Crippen LogP contribution in [-0.4, -0.2) is 90.4 Å². The fourth-order valence-electron chi connectivity index (χ4n) is 12.1. The number of nitrogens with one attached hydrogen (secondary N) is 1. The zero-order valence-electron chi connectivity index (χ0n) is 43.9. The first-order chi connectivity index (χ1) is 37.6. The number of carbonyl (C=O) groups is 2. The van der Waals surface area contributed by atoms with E-state index in [2.05, 4.69) is 18.0 Å². The Morgan fingerprint density at radius 1 is 0.883 bits per heavy atom. The van der Waals surface area contributed by atoms with Gasteiger partial charge in [-0.05, 0) is 121 Å². The highest BCUT2D eigenvalue weighted by Gasteiger charge is 2.65. The van der Waals surface area contributed by atoms with Crippen molar-refractivity contribution in [3.63, 3.8) is 0 Å². The molecule has 2 heterocycles. The molecule has 18 heteroatoms. The topological polar surface area (TPSA) is 219 Å². The molecule has 2 fully saturated rings. The molecule has 0 radical (unpaired) electrons. The van der Waals surface area contributed by atoms with Crippen LogP contribution in [0.4, 0.5) is 16.2 Å². The number of benzene rings is 4. The molecule has 18 nitrogen and oxygen atoms in total. The third kappa shape index (κ3) is 12.3. The number of carbonyl (C=O) groups excluding carboxylic acids is 2. The van der Waals surface area contributed by atoms with E-state index in [1.54, 1.807) is 55.7 Å². The number of anilines is 1. The fraction of sp³-hybridized carbons (Fsp3) is 0.475. The zero-order valence-corrected chi connectivity index (χ0v) is 43.9. The molecule has 4 aromatic rings. The van der Waals surface area contributed by atoms with Gasteiger partial charge in [0.05, 0.1) is 43.1 Å². The number of allylic oxidation sites excluding steroid dienone is 1. The Morgan fingerprint density at radius 2 is 1.62 bits per heavy atom. The van der Waals surface area contributed by atoms with Crippen molar-refractivity contribution in [3.05, 3.63) is 130 Å². The maximum atomic E-state index is 15.5. The van der Waals surface area contributed by atoms with Gasteiger partial charge in [-0.2, -0.15) is 0 Å². The molecule has 0 bridgehead atoms. The highest BCUT2D eigenvalue weighted by atomic mass is 16.7. The summed E-state index contributed by atoms with van der Waals surface area (Å²) in [6, 6.07) is 21.3. The minimum absolute atomic E-state index is 0.00107. The molecule has 2 amide bonds. The van der Waals surface area contributed by atoms with Gasteiger partial charge in [-0.1, -0.05) is 61.9 Å². The number of nitro groups is 1. The second kappa shape index (κ2) is 25.3. The normalized spacial score (nSPS) is 22.5. The van der Waals surface area contributed by atoms with E-state index in [1.165, 1.54) is 19.2 Å². The molecule has 5 aliphatic rings. The molecule has 3 N–H and O–H groups in total. The number of nitrogens with zero attached hydrogens (tertiary/aromatic N) is 3. The number of ether oxygens (including phenoxy) is 7. The monoisotopic (exact) mass is 1060 g/mol. The van der Waals surface area contributed by atoms with Crippen LogP contribution in [0.15, 0.2) is 108 Å². The average Bonchev–Trinajstić information content (AvgIpc) is 4.28. The zero-order chi connectivity index (χ0) is 53.9. The number of hydrogen-bond donors (Lipinski definition) is 3. The molecule has 2 saturated carbocycles. The number of amides is 2. The van der Waals surface area contributed by atoms with E-state index in [0.29, 0.717) is 90.2 Å². The number of methoxy groups -OCH3 is 2. The van der Waals surface area contributed by atoms with Crippen LogP contribution in [0.3, 0.4) is 0 Å². The Kier molecular flexibility index (Phi) is 18.0. The number of hydrogen-bond acceptors (Lipinski definition) is 15. The number of rotatable bonds is 25. The summed E-state index contributed by atoms with van der Waals surface area (Å²) in [4.78, 5) is 48.5. The SMILES string of the molecule is C=CCOC12Oc3ccc(OC(=O)Nc4ccc(OC)cc4OC)cc3C3C(CCCCO)C(CCCCO)C=C(C(=NOCc4ccc([N+](=O)[O-])cc4)CC1N(Cc1ccc4c(c1)OCO4)C(=O)CCC1CCCC1)C32. The van der Waals surface area contributed by atoms with Gasteiger partial charge in [-0.15, -0.1) is 6.58 Å². The molecular weight excluding hydrogens is 989 g/mol. The molecule has 9 rings (SSSR count). The van der Waals surface area contributed by atoms with Gasteiger partial charge in [0.2, 0.25) is 18.5 Å². The molecule has 6 atom stereocenters. The first kappa shape index (κ1) is 54.6. The quantitative estimate of drug-likeness (QED) is 0.0243. The number of fused-ring (bicyclic) bond motifs is 3. The van der Waals surface area contributed by atoms with Crippen molar-refractivity contribution in [2.45, 2.75) is 114 Å². The molecule has 3 aliphatic carbocycles. The summed E-state index contributed by atoms with van der Waals surface area (Å²) in [6.07, 6.45) is 12.8. The highest BCUT2D eigenvalue weighted by molar-refractivity contribution is 6.03. The van der Waals surface area contributed by atoms with Crippen molar-refractivity contribution in [2.75, 3.05) is 46.1 Å². The molecule has 2 aliphatic heterocycles. The number of unbranched alkanes of at least 4 members (excludes halogenated alkanes) is 2. The summed E-state index contributed by atoms with van der Waals surface area (Å²) in [7, 11) is 3.04. The Hall–Kier alpha value is -7.15. The van der Waals surface area contributed by atoms with Gasteiger partial charge in [-0.25, -0.2) is 4.79 Å². The van der Waals surface area contributed by atoms with Crippen molar-refractivity contribution < 1.29 is 62.7 Å². The molecule has 77 heavy (non-hydrogen) atoms. The molecular formula is C59H70N4O14. The van der Waals surface area contributed by atoms with Gasteiger partial charge in [-0.3, -0.25) is 20.2 Å². The van der Waals surface area contributed by atoms with E-state index in [4.69, 9.17) is 43.2 Å². The molecule has 0 spiro atoms. The number of aliphatic hydroxyl groups is 2. The van der Waals surface area contributed by atoms with E-state index in [1.807, 2.05) is 29.2 Å². The fourth-order valence-corrected chi connectivity index (χ4v) is 12.1.